The molecule has 1 aromatic heterocycles. The van der Waals surface area contributed by atoms with Gasteiger partial charge in [0.05, 0.1) is 0 Å². The Morgan fingerprint density at radius 1 is 1.25 bits per heavy atom. The molecule has 1 unspecified atom stereocenters. The summed E-state index contributed by atoms with van der Waals surface area (Å²) in [6, 6.07) is 7.48. The molecule has 1 amide bonds. The van der Waals surface area contributed by atoms with Crippen molar-refractivity contribution in [2.24, 2.45) is 10.9 Å². The molecule has 1 aliphatic heterocycles. The zero-order chi connectivity index (χ0) is 21.6. The molecule has 32 heavy (non-hydrogen) atoms. The second kappa shape index (κ2) is 11.8. The second-order valence-corrected chi connectivity index (χ2v) is 8.55. The first kappa shape index (κ1) is 24.8. The maximum absolute atomic E-state index is 12.7. The summed E-state index contributed by atoms with van der Waals surface area (Å²) in [5, 5.41) is 11.4. The normalized spacial score (nSPS) is 19.1. The van der Waals surface area contributed by atoms with Gasteiger partial charge in [0.25, 0.3) is 0 Å². The summed E-state index contributed by atoms with van der Waals surface area (Å²) < 4.78 is 5.34. The van der Waals surface area contributed by atoms with E-state index >= 15 is 0 Å². The molecule has 1 saturated heterocycles. The molecule has 0 radical (unpaired) electrons. The van der Waals surface area contributed by atoms with Crippen molar-refractivity contribution in [1.29, 1.82) is 0 Å². The van der Waals surface area contributed by atoms with Crippen LogP contribution in [0.5, 0.6) is 0 Å². The fraction of sp³-hybridized carbons (Fsp3) is 0.545. The maximum Gasteiger partial charge on any atom is 0.248 e. The van der Waals surface area contributed by atoms with Crippen LogP contribution in [0.3, 0.4) is 0 Å². The fourth-order valence-electron chi connectivity index (χ4n) is 4.20. The molecule has 2 aromatic rings. The average Bonchev–Trinajstić information content (AvgIpc) is 3.54. The second-order valence-electron chi connectivity index (χ2n) is 8.11. The van der Waals surface area contributed by atoms with Gasteiger partial charge in [-0.05, 0) is 50.5 Å². The number of aromatic nitrogens is 2. The Morgan fingerprint density at radius 2 is 2.00 bits per heavy atom. The molecule has 2 fully saturated rings. The van der Waals surface area contributed by atoms with Crippen molar-refractivity contribution >= 4 is 47.4 Å². The highest BCUT2D eigenvalue weighted by Gasteiger charge is 2.32. The van der Waals surface area contributed by atoms with Gasteiger partial charge in [-0.15, -0.1) is 24.0 Å². The van der Waals surface area contributed by atoms with Gasteiger partial charge in [0.15, 0.2) is 5.96 Å². The van der Waals surface area contributed by atoms with E-state index in [4.69, 9.17) is 16.1 Å². The molecule has 1 aromatic carbocycles. The number of halogens is 2. The molecule has 2 N–H and O–H groups in total. The molecular formula is C22H30ClIN6O2. The Morgan fingerprint density at radius 3 is 2.72 bits per heavy atom. The van der Waals surface area contributed by atoms with Crippen molar-refractivity contribution in [2.45, 2.75) is 51.6 Å². The molecule has 4 rings (SSSR count). The minimum Gasteiger partial charge on any atom is -0.357 e. The van der Waals surface area contributed by atoms with Gasteiger partial charge in [0.2, 0.25) is 17.6 Å². The van der Waals surface area contributed by atoms with Crippen molar-refractivity contribution in [3.8, 4) is 11.4 Å². The third-order valence-corrected chi connectivity index (χ3v) is 6.08. The predicted octanol–water partition coefficient (Wildman–Crippen LogP) is 3.85. The van der Waals surface area contributed by atoms with E-state index in [2.05, 4.69) is 25.8 Å². The van der Waals surface area contributed by atoms with E-state index in [1.165, 1.54) is 12.8 Å². The van der Waals surface area contributed by atoms with E-state index in [-0.39, 0.29) is 42.5 Å². The van der Waals surface area contributed by atoms with Gasteiger partial charge in [-0.2, -0.15) is 4.98 Å². The summed E-state index contributed by atoms with van der Waals surface area (Å²) in [7, 11) is 0. The summed E-state index contributed by atoms with van der Waals surface area (Å²) in [6.45, 7) is 4.56. The molecule has 2 heterocycles. The van der Waals surface area contributed by atoms with Crippen molar-refractivity contribution in [3.63, 3.8) is 0 Å². The van der Waals surface area contributed by atoms with E-state index in [1.807, 2.05) is 24.0 Å². The van der Waals surface area contributed by atoms with Gasteiger partial charge in [-0.25, -0.2) is 4.99 Å². The first-order chi connectivity index (χ1) is 15.1. The summed E-state index contributed by atoms with van der Waals surface area (Å²) in [5.41, 5.74) is 0.839. The molecule has 1 saturated carbocycles. The average molecular weight is 573 g/mol. The molecule has 0 spiro atoms. The summed E-state index contributed by atoms with van der Waals surface area (Å²) in [5.74, 6) is 2.19. The molecule has 2 aliphatic rings. The highest BCUT2D eigenvalue weighted by Crippen LogP contribution is 2.27. The molecule has 1 aliphatic carbocycles. The Hall–Kier alpha value is -1.88. The third-order valence-electron chi connectivity index (χ3n) is 5.83. The Bertz CT molecular complexity index is 913. The third kappa shape index (κ3) is 6.34. The zero-order valence-electron chi connectivity index (χ0n) is 18.2. The van der Waals surface area contributed by atoms with E-state index < -0.39 is 0 Å². The number of hydrogen-bond donors (Lipinski definition) is 2. The first-order valence-corrected chi connectivity index (χ1v) is 11.4. The standard InChI is InChI=1S/C22H29ClN6O2.HI/c1-2-24-22(26-18-11-12-29(14-18)21(30)16-5-3-4-6-16)25-13-19-27-20(28-31-19)15-7-9-17(23)10-8-15;/h7-10,16,18H,2-6,11-14H2,1H3,(H2,24,25,26);1H. The largest absolute Gasteiger partial charge is 0.357 e. The Kier molecular flexibility index (Phi) is 9.15. The van der Waals surface area contributed by atoms with Crippen LogP contribution in [0.2, 0.25) is 5.02 Å². The van der Waals surface area contributed by atoms with E-state index in [9.17, 15) is 4.79 Å². The molecule has 10 heteroatoms. The molecule has 0 bridgehead atoms. The number of guanidine groups is 1. The zero-order valence-corrected chi connectivity index (χ0v) is 21.3. The van der Waals surface area contributed by atoms with E-state index in [1.54, 1.807) is 12.1 Å². The molecule has 174 valence electrons. The number of benzene rings is 1. The molecule has 8 nitrogen and oxygen atoms in total. The monoisotopic (exact) mass is 572 g/mol. The van der Waals surface area contributed by atoms with Gasteiger partial charge in [0.1, 0.15) is 6.54 Å². The number of nitrogens with zero attached hydrogens (tertiary/aromatic N) is 4. The predicted molar refractivity (Wildman–Crippen MR) is 135 cm³/mol. The lowest BCUT2D eigenvalue weighted by Gasteiger charge is -2.21. The van der Waals surface area contributed by atoms with Crippen LogP contribution in [0.25, 0.3) is 11.4 Å². The lowest BCUT2D eigenvalue weighted by atomic mass is 10.1. The molecule has 1 atom stereocenters. The number of carbonyl (C=O) groups is 1. The molecular weight excluding hydrogens is 543 g/mol. The van der Waals surface area contributed by atoms with E-state index in [0.29, 0.717) is 28.6 Å². The number of hydrogen-bond acceptors (Lipinski definition) is 5. The number of nitrogens with one attached hydrogen (secondary N) is 2. The maximum atomic E-state index is 12.7. The van der Waals surface area contributed by atoms with Crippen LogP contribution in [0.15, 0.2) is 33.8 Å². The lowest BCUT2D eigenvalue weighted by Crippen LogP contribution is -2.45. The SMILES string of the molecule is CCNC(=NCc1nc(-c2ccc(Cl)cc2)no1)NC1CCN(C(=O)C2CCCC2)C1.I. The van der Waals surface area contributed by atoms with Crippen LogP contribution >= 0.6 is 35.6 Å². The minimum atomic E-state index is 0. The van der Waals surface area contributed by atoms with Crippen molar-refractivity contribution in [1.82, 2.24) is 25.7 Å². The van der Waals surface area contributed by atoms with E-state index in [0.717, 1.165) is 44.5 Å². The number of aliphatic imine (C=N–C) groups is 1. The summed E-state index contributed by atoms with van der Waals surface area (Å²) in [4.78, 5) is 23.7. The van der Waals surface area contributed by atoms with Gasteiger partial charge in [-0.3, -0.25) is 4.79 Å². The summed E-state index contributed by atoms with van der Waals surface area (Å²) >= 11 is 5.93. The van der Waals surface area contributed by atoms with Crippen LogP contribution in [0.1, 0.15) is 44.9 Å². The van der Waals surface area contributed by atoms with Gasteiger partial charge in [-0.1, -0.05) is 29.6 Å². The van der Waals surface area contributed by atoms with Gasteiger partial charge < -0.3 is 20.1 Å². The highest BCUT2D eigenvalue weighted by atomic mass is 127. The Labute approximate surface area is 210 Å². The van der Waals surface area contributed by atoms with Crippen LogP contribution in [0, 0.1) is 5.92 Å². The topological polar surface area (TPSA) is 95.7 Å². The number of rotatable bonds is 6. The van der Waals surface area contributed by atoms with Crippen LogP contribution < -0.4 is 10.6 Å². The quantitative estimate of drug-likeness (QED) is 0.310. The minimum absolute atomic E-state index is 0. The van der Waals surface area contributed by atoms with Crippen molar-refractivity contribution < 1.29 is 9.32 Å². The van der Waals surface area contributed by atoms with Crippen LogP contribution in [-0.2, 0) is 11.3 Å². The van der Waals surface area contributed by atoms with Crippen LogP contribution in [-0.4, -0.2) is 52.6 Å². The lowest BCUT2D eigenvalue weighted by molar-refractivity contribution is -0.134. The van der Waals surface area contributed by atoms with Gasteiger partial charge in [0, 0.05) is 42.2 Å². The number of carbonyl (C=O) groups excluding carboxylic acids is 1. The smallest absolute Gasteiger partial charge is 0.248 e. The summed E-state index contributed by atoms with van der Waals surface area (Å²) in [6.07, 6.45) is 5.36. The van der Waals surface area contributed by atoms with Gasteiger partial charge >= 0.3 is 0 Å². The highest BCUT2D eigenvalue weighted by molar-refractivity contribution is 14.0. The number of likely N-dealkylation sites (tertiary alicyclic amines) is 1. The van der Waals surface area contributed by atoms with Crippen molar-refractivity contribution in [3.05, 3.63) is 35.2 Å². The van der Waals surface area contributed by atoms with Crippen LogP contribution in [0.4, 0.5) is 0 Å². The first-order valence-electron chi connectivity index (χ1n) is 11.0. The van der Waals surface area contributed by atoms with Crippen molar-refractivity contribution in [2.75, 3.05) is 19.6 Å². The Balaban J connectivity index is 0.00000289. The number of amides is 1. The fourth-order valence-corrected chi connectivity index (χ4v) is 4.33.